The Balaban J connectivity index is 2.09. The Labute approximate surface area is 118 Å². The molecular weight excluding hydrogens is 244 g/mol. The largest absolute Gasteiger partial charge is 0.493 e. The van der Waals surface area contributed by atoms with Crippen LogP contribution >= 0.6 is 0 Å². The minimum Gasteiger partial charge on any atom is -0.493 e. The first-order chi connectivity index (χ1) is 10.4. The van der Waals surface area contributed by atoms with Gasteiger partial charge in [-0.15, -0.1) is 0 Å². The molecule has 1 aliphatic heterocycles. The fourth-order valence-electron chi connectivity index (χ4n) is 1.93. The zero-order valence-corrected chi connectivity index (χ0v) is 11.1. The van der Waals surface area contributed by atoms with Crippen molar-refractivity contribution in [2.75, 3.05) is 46.4 Å². The molecule has 19 heavy (non-hydrogen) atoms. The number of para-hydroxylation sites is 2. The molecule has 2 N–H and O–H groups in total. The summed E-state index contributed by atoms with van der Waals surface area (Å²) in [7, 11) is 1.45. The highest BCUT2D eigenvalue weighted by atomic mass is 16.5. The summed E-state index contributed by atoms with van der Waals surface area (Å²) < 4.78 is 34.3. The summed E-state index contributed by atoms with van der Waals surface area (Å²) in [5.41, 5.74) is 0. The first-order valence-corrected chi connectivity index (χ1v) is 6.33. The molecule has 5 nitrogen and oxygen atoms in total. The van der Waals surface area contributed by atoms with Gasteiger partial charge in [0.15, 0.2) is 11.5 Å². The molecule has 1 saturated heterocycles. The van der Waals surface area contributed by atoms with Gasteiger partial charge in [0.1, 0.15) is 12.6 Å². The molecule has 0 spiro atoms. The van der Waals surface area contributed by atoms with Crippen LogP contribution < -0.4 is 14.8 Å². The van der Waals surface area contributed by atoms with Gasteiger partial charge >= 0.3 is 0 Å². The average molecular weight is 269 g/mol. The maximum atomic E-state index is 10.3. The molecule has 1 atom stereocenters. The van der Waals surface area contributed by atoms with E-state index in [0.29, 0.717) is 18.8 Å². The Morgan fingerprint density at radius 1 is 1.42 bits per heavy atom. The third-order valence-corrected chi connectivity index (χ3v) is 2.93. The summed E-state index contributed by atoms with van der Waals surface area (Å²) in [5, 5.41) is 13.5. The van der Waals surface area contributed by atoms with Crippen LogP contribution in [0.2, 0.25) is 0 Å². The van der Waals surface area contributed by atoms with Crippen molar-refractivity contribution in [2.24, 2.45) is 0 Å². The molecular formula is C14H22N2O3. The van der Waals surface area contributed by atoms with Crippen LogP contribution in [-0.2, 0) is 0 Å². The molecule has 0 aromatic heterocycles. The average Bonchev–Trinajstić information content (AvgIpc) is 2.48. The summed E-state index contributed by atoms with van der Waals surface area (Å²) in [6, 6.07) is 6.57. The van der Waals surface area contributed by atoms with Gasteiger partial charge in [-0.3, -0.25) is 4.90 Å². The van der Waals surface area contributed by atoms with Crippen molar-refractivity contribution in [1.82, 2.24) is 10.2 Å². The molecule has 2 rings (SSSR count). The quantitative estimate of drug-likeness (QED) is 0.780. The maximum absolute atomic E-state index is 10.3. The highest BCUT2D eigenvalue weighted by molar-refractivity contribution is 5.39. The van der Waals surface area contributed by atoms with Gasteiger partial charge in [0.05, 0.1) is 11.2 Å². The first-order valence-electron chi connectivity index (χ1n) is 7.83. The molecule has 0 amide bonds. The van der Waals surface area contributed by atoms with Crippen molar-refractivity contribution in [2.45, 2.75) is 6.08 Å². The molecule has 1 aromatic rings. The molecule has 5 heteroatoms. The lowest BCUT2D eigenvalue weighted by molar-refractivity contribution is 0.0632. The smallest absolute Gasteiger partial charge is 0.161 e. The fraction of sp³-hybridized carbons (Fsp3) is 0.571. The van der Waals surface area contributed by atoms with E-state index in [0.717, 1.165) is 13.1 Å². The lowest BCUT2D eigenvalue weighted by Crippen LogP contribution is -2.47. The molecule has 1 aromatic carbocycles. The van der Waals surface area contributed by atoms with Crippen molar-refractivity contribution in [3.05, 3.63) is 24.3 Å². The molecule has 1 fully saturated rings. The van der Waals surface area contributed by atoms with E-state index >= 15 is 0 Å². The predicted octanol–water partition coefficient (Wildman–Crippen LogP) is 0.340. The molecule has 0 aliphatic carbocycles. The molecule has 1 heterocycles. The Morgan fingerprint density at radius 2 is 2.11 bits per heavy atom. The molecule has 106 valence electrons. The lowest BCUT2D eigenvalue weighted by Gasteiger charge is -2.29. The molecule has 0 radical (unpaired) electrons. The zero-order chi connectivity index (χ0) is 16.2. The predicted molar refractivity (Wildman–Crippen MR) is 73.8 cm³/mol. The van der Waals surface area contributed by atoms with Crippen molar-refractivity contribution in [3.8, 4) is 11.5 Å². The number of hydrogen-bond acceptors (Lipinski definition) is 5. The number of hydrogen-bond donors (Lipinski definition) is 2. The third kappa shape index (κ3) is 4.38. The first kappa shape index (κ1) is 10.5. The maximum Gasteiger partial charge on any atom is 0.161 e. The van der Waals surface area contributed by atoms with Crippen molar-refractivity contribution >= 4 is 0 Å². The van der Waals surface area contributed by atoms with Crippen molar-refractivity contribution < 1.29 is 18.7 Å². The molecule has 1 unspecified atom stereocenters. The van der Waals surface area contributed by atoms with E-state index in [-0.39, 0.29) is 12.3 Å². The SMILES string of the molecule is [2H]C(O)(CN1CCNCC1)C([2H])([2H])Oc1ccccc1OC. The van der Waals surface area contributed by atoms with Gasteiger partial charge in [0.25, 0.3) is 0 Å². The number of methoxy groups -OCH3 is 1. The van der Waals surface area contributed by atoms with E-state index in [1.165, 1.54) is 13.2 Å². The number of nitrogens with zero attached hydrogens (tertiary/aromatic N) is 1. The Hall–Kier alpha value is -1.30. The van der Waals surface area contributed by atoms with Gasteiger partial charge in [0, 0.05) is 32.7 Å². The summed E-state index contributed by atoms with van der Waals surface area (Å²) in [4.78, 5) is 1.84. The van der Waals surface area contributed by atoms with E-state index in [1.807, 2.05) is 4.90 Å². The highest BCUT2D eigenvalue weighted by Crippen LogP contribution is 2.25. The Morgan fingerprint density at radius 3 is 2.79 bits per heavy atom. The van der Waals surface area contributed by atoms with Gasteiger partial charge in [-0.2, -0.15) is 0 Å². The van der Waals surface area contributed by atoms with E-state index in [4.69, 9.17) is 13.6 Å². The van der Waals surface area contributed by atoms with Crippen LogP contribution in [0.15, 0.2) is 24.3 Å². The lowest BCUT2D eigenvalue weighted by atomic mass is 10.3. The Bertz CT molecular complexity index is 494. The summed E-state index contributed by atoms with van der Waals surface area (Å²) in [5.74, 6) is 0.505. The second-order valence-corrected chi connectivity index (χ2v) is 4.33. The summed E-state index contributed by atoms with van der Waals surface area (Å²) >= 11 is 0. The molecule has 0 bridgehead atoms. The van der Waals surface area contributed by atoms with Gasteiger partial charge in [-0.1, -0.05) is 12.1 Å². The second-order valence-electron chi connectivity index (χ2n) is 4.33. The van der Waals surface area contributed by atoms with E-state index < -0.39 is 12.6 Å². The van der Waals surface area contributed by atoms with E-state index in [9.17, 15) is 5.11 Å². The third-order valence-electron chi connectivity index (χ3n) is 2.93. The number of aliphatic hydroxyl groups is 1. The number of ether oxygens (including phenoxy) is 2. The number of nitrogens with one attached hydrogen (secondary N) is 1. The molecule has 1 aliphatic rings. The van der Waals surface area contributed by atoms with Crippen LogP contribution in [0.1, 0.15) is 4.11 Å². The van der Waals surface area contributed by atoms with E-state index in [1.54, 1.807) is 18.2 Å². The second kappa shape index (κ2) is 7.33. The van der Waals surface area contributed by atoms with Crippen LogP contribution in [0, 0.1) is 0 Å². The van der Waals surface area contributed by atoms with Crippen molar-refractivity contribution in [1.29, 1.82) is 0 Å². The minimum absolute atomic E-state index is 0.128. The highest BCUT2D eigenvalue weighted by Gasteiger charge is 2.15. The topological polar surface area (TPSA) is 54.0 Å². The molecule has 0 saturated carbocycles. The summed E-state index contributed by atoms with van der Waals surface area (Å²) in [6.45, 7) is 0.125. The van der Waals surface area contributed by atoms with Crippen LogP contribution in [0.3, 0.4) is 0 Å². The van der Waals surface area contributed by atoms with Gasteiger partial charge in [-0.05, 0) is 12.1 Å². The van der Waals surface area contributed by atoms with Crippen LogP contribution in [-0.4, -0.2) is 62.5 Å². The van der Waals surface area contributed by atoms with Gasteiger partial charge in [-0.25, -0.2) is 0 Å². The number of benzene rings is 1. The number of rotatable bonds is 6. The summed E-state index contributed by atoms with van der Waals surface area (Å²) in [6.07, 6.45) is -2.40. The van der Waals surface area contributed by atoms with E-state index in [2.05, 4.69) is 5.32 Å². The van der Waals surface area contributed by atoms with Crippen LogP contribution in [0.5, 0.6) is 11.5 Å². The standard InChI is InChI=1S/C14H22N2O3/c1-18-13-4-2-3-5-14(13)19-11-12(17)10-16-8-6-15-7-9-16/h2-5,12,15,17H,6-11H2,1H3/i11D2,12D. The van der Waals surface area contributed by atoms with Crippen molar-refractivity contribution in [3.63, 3.8) is 0 Å². The number of β-amino-alcohol motifs (C(OH)–C–C–N with tert-alkyl or cyclic N) is 1. The monoisotopic (exact) mass is 269 g/mol. The minimum atomic E-state index is -2.58. The van der Waals surface area contributed by atoms with Crippen LogP contribution in [0.4, 0.5) is 0 Å². The normalized spacial score (nSPS) is 22.7. The zero-order valence-electron chi connectivity index (χ0n) is 14.1. The van der Waals surface area contributed by atoms with Gasteiger partial charge in [0.2, 0.25) is 0 Å². The fourth-order valence-corrected chi connectivity index (χ4v) is 1.93. The van der Waals surface area contributed by atoms with Crippen LogP contribution in [0.25, 0.3) is 0 Å². The Kier molecular flexibility index (Phi) is 4.04. The number of piperazine rings is 1. The van der Waals surface area contributed by atoms with Gasteiger partial charge < -0.3 is 19.9 Å².